The highest BCUT2D eigenvalue weighted by atomic mass is 14.7. The van der Waals surface area contributed by atoms with Crippen molar-refractivity contribution in [3.63, 3.8) is 0 Å². The molecule has 10 rings (SSSR count). The number of hydrogen-bond acceptors (Lipinski definition) is 2. The Labute approximate surface area is 296 Å². The Morgan fingerprint density at radius 2 is 1.06 bits per heavy atom. The van der Waals surface area contributed by atoms with Crippen LogP contribution in [0.3, 0.4) is 0 Å². The first-order valence-electron chi connectivity index (χ1n) is 17.3. The summed E-state index contributed by atoms with van der Waals surface area (Å²) in [7, 11) is 0. The molecule has 1 aliphatic rings. The topological polar surface area (TPSA) is 36.7 Å². The third-order valence-corrected chi connectivity index (χ3v) is 10.7. The SMILES string of the molecule is N#Cc1ccc2c(c1)C(c1ccccc1)(c1ccccc1)c1cc(-c3cccc(-c4cc5cc6ccccc6nc5c5ccccc45)c3)ccc1-2. The van der Waals surface area contributed by atoms with Gasteiger partial charge in [0.25, 0.3) is 0 Å². The van der Waals surface area contributed by atoms with Crippen LogP contribution in [-0.4, -0.2) is 4.98 Å². The summed E-state index contributed by atoms with van der Waals surface area (Å²) in [5, 5.41) is 14.6. The first-order valence-corrected chi connectivity index (χ1v) is 17.3. The zero-order valence-corrected chi connectivity index (χ0v) is 27.7. The predicted octanol–water partition coefficient (Wildman–Crippen LogP) is 12.1. The van der Waals surface area contributed by atoms with E-state index in [1.54, 1.807) is 0 Å². The molecule has 2 nitrogen and oxygen atoms in total. The summed E-state index contributed by atoms with van der Waals surface area (Å²) >= 11 is 0. The Morgan fingerprint density at radius 3 is 1.82 bits per heavy atom. The van der Waals surface area contributed by atoms with Gasteiger partial charge in [-0.3, -0.25) is 0 Å². The molecule has 0 fully saturated rings. The van der Waals surface area contributed by atoms with Gasteiger partial charge in [0.2, 0.25) is 0 Å². The smallest absolute Gasteiger partial charge is 0.0991 e. The standard InChI is InChI=1S/C49H30N2/c50-31-32-22-24-41-42-25-23-34(30-46(42)49(45(41)26-32,38-15-3-1-4-16-38)39-17-5-2-6-18-39)33-13-11-14-35(27-33)44-29-37-28-36-12-7-10-21-47(36)51-48(37)43-20-9-8-19-40(43)44/h1-30H. The van der Waals surface area contributed by atoms with Crippen molar-refractivity contribution in [2.45, 2.75) is 5.41 Å². The monoisotopic (exact) mass is 646 g/mol. The molecule has 0 saturated heterocycles. The van der Waals surface area contributed by atoms with Crippen molar-refractivity contribution in [2.24, 2.45) is 0 Å². The average Bonchev–Trinajstić information content (AvgIpc) is 3.50. The van der Waals surface area contributed by atoms with E-state index in [4.69, 9.17) is 4.98 Å². The van der Waals surface area contributed by atoms with Crippen LogP contribution >= 0.6 is 0 Å². The lowest BCUT2D eigenvalue weighted by Gasteiger charge is -2.34. The molecule has 0 N–H and O–H groups in total. The van der Waals surface area contributed by atoms with Gasteiger partial charge >= 0.3 is 0 Å². The van der Waals surface area contributed by atoms with E-state index in [1.165, 1.54) is 44.3 Å². The second-order valence-corrected chi connectivity index (χ2v) is 13.4. The van der Waals surface area contributed by atoms with Crippen LogP contribution in [0.15, 0.2) is 182 Å². The van der Waals surface area contributed by atoms with Crippen molar-refractivity contribution in [2.75, 3.05) is 0 Å². The van der Waals surface area contributed by atoms with Crippen LogP contribution < -0.4 is 0 Å². The van der Waals surface area contributed by atoms with Crippen LogP contribution in [0, 0.1) is 11.3 Å². The van der Waals surface area contributed by atoms with E-state index in [-0.39, 0.29) is 0 Å². The molecule has 51 heavy (non-hydrogen) atoms. The molecule has 0 unspecified atom stereocenters. The van der Waals surface area contributed by atoms with Gasteiger partial charge < -0.3 is 0 Å². The predicted molar refractivity (Wildman–Crippen MR) is 210 cm³/mol. The van der Waals surface area contributed by atoms with Gasteiger partial charge in [0.15, 0.2) is 0 Å². The number of pyridine rings is 1. The van der Waals surface area contributed by atoms with Crippen LogP contribution in [0.2, 0.25) is 0 Å². The lowest BCUT2D eigenvalue weighted by molar-refractivity contribution is 0.768. The number of hydrogen-bond donors (Lipinski definition) is 0. The van der Waals surface area contributed by atoms with E-state index >= 15 is 0 Å². The molecule has 1 aromatic heterocycles. The molecule has 8 aromatic carbocycles. The molecule has 0 bridgehead atoms. The Bertz CT molecular complexity index is 2820. The Kier molecular flexibility index (Phi) is 6.50. The highest BCUT2D eigenvalue weighted by molar-refractivity contribution is 6.14. The van der Waals surface area contributed by atoms with Crippen LogP contribution in [0.25, 0.3) is 66.0 Å². The maximum atomic E-state index is 10.0. The van der Waals surface area contributed by atoms with E-state index in [2.05, 4.69) is 176 Å². The molecule has 1 heterocycles. The van der Waals surface area contributed by atoms with Gasteiger partial charge in [-0.25, -0.2) is 4.98 Å². The highest BCUT2D eigenvalue weighted by Gasteiger charge is 2.46. The highest BCUT2D eigenvalue weighted by Crippen LogP contribution is 2.57. The molecule has 0 saturated carbocycles. The molecule has 2 heteroatoms. The van der Waals surface area contributed by atoms with E-state index in [0.717, 1.165) is 43.9 Å². The second-order valence-electron chi connectivity index (χ2n) is 13.4. The largest absolute Gasteiger partial charge is 0.247 e. The van der Waals surface area contributed by atoms with Crippen molar-refractivity contribution in [3.05, 3.63) is 210 Å². The van der Waals surface area contributed by atoms with Crippen molar-refractivity contribution in [1.82, 2.24) is 4.98 Å². The maximum Gasteiger partial charge on any atom is 0.0991 e. The molecular formula is C49H30N2. The first-order chi connectivity index (χ1) is 25.2. The molecular weight excluding hydrogens is 617 g/mol. The van der Waals surface area contributed by atoms with E-state index in [0.29, 0.717) is 5.56 Å². The van der Waals surface area contributed by atoms with Crippen molar-refractivity contribution in [1.29, 1.82) is 5.26 Å². The summed E-state index contributed by atoms with van der Waals surface area (Å²) in [6.45, 7) is 0. The summed E-state index contributed by atoms with van der Waals surface area (Å²) < 4.78 is 0. The summed E-state index contributed by atoms with van der Waals surface area (Å²) in [5.74, 6) is 0. The van der Waals surface area contributed by atoms with Crippen LogP contribution in [0.4, 0.5) is 0 Å². The number of nitrogens with zero attached hydrogens (tertiary/aromatic N) is 2. The van der Waals surface area contributed by atoms with Crippen LogP contribution in [0.5, 0.6) is 0 Å². The van der Waals surface area contributed by atoms with E-state index in [9.17, 15) is 5.26 Å². The number of fused-ring (bicyclic) bond motifs is 7. The summed E-state index contributed by atoms with van der Waals surface area (Å²) in [6.07, 6.45) is 0. The van der Waals surface area contributed by atoms with Gasteiger partial charge in [-0.2, -0.15) is 5.26 Å². The molecule has 236 valence electrons. The van der Waals surface area contributed by atoms with Gasteiger partial charge in [-0.05, 0) is 103 Å². The fourth-order valence-electron chi connectivity index (χ4n) is 8.46. The number of rotatable bonds is 4. The van der Waals surface area contributed by atoms with Crippen molar-refractivity contribution >= 4 is 32.6 Å². The molecule has 0 spiro atoms. The van der Waals surface area contributed by atoms with E-state index < -0.39 is 5.41 Å². The molecule has 9 aromatic rings. The number of nitriles is 1. The summed E-state index contributed by atoms with van der Waals surface area (Å²) in [6, 6.07) is 67.5. The van der Waals surface area contributed by atoms with Gasteiger partial charge in [0.05, 0.1) is 28.1 Å². The minimum atomic E-state index is -0.585. The average molecular weight is 647 g/mol. The molecule has 0 radical (unpaired) electrons. The van der Waals surface area contributed by atoms with Crippen molar-refractivity contribution < 1.29 is 0 Å². The Hall–Kier alpha value is -6.82. The first kappa shape index (κ1) is 29.1. The summed E-state index contributed by atoms with van der Waals surface area (Å²) in [5.41, 5.74) is 13.9. The van der Waals surface area contributed by atoms with Crippen LogP contribution in [-0.2, 0) is 5.41 Å². The maximum absolute atomic E-state index is 10.0. The zero-order valence-electron chi connectivity index (χ0n) is 27.7. The van der Waals surface area contributed by atoms with Gasteiger partial charge in [0.1, 0.15) is 0 Å². The second kappa shape index (κ2) is 11.4. The Balaban J connectivity index is 1.19. The lowest BCUT2D eigenvalue weighted by Crippen LogP contribution is -2.28. The minimum Gasteiger partial charge on any atom is -0.247 e. The number of para-hydroxylation sites is 1. The molecule has 1 aliphatic carbocycles. The summed E-state index contributed by atoms with van der Waals surface area (Å²) in [4.78, 5) is 5.11. The molecule has 0 amide bonds. The normalized spacial score (nSPS) is 12.8. The fourth-order valence-corrected chi connectivity index (χ4v) is 8.46. The third kappa shape index (κ3) is 4.39. The third-order valence-electron chi connectivity index (χ3n) is 10.7. The van der Waals surface area contributed by atoms with Crippen LogP contribution in [0.1, 0.15) is 27.8 Å². The van der Waals surface area contributed by atoms with Gasteiger partial charge in [-0.15, -0.1) is 0 Å². The molecule has 0 aliphatic heterocycles. The van der Waals surface area contributed by atoms with Gasteiger partial charge in [0, 0.05) is 16.2 Å². The zero-order chi connectivity index (χ0) is 33.9. The number of benzene rings is 8. The van der Waals surface area contributed by atoms with Gasteiger partial charge in [-0.1, -0.05) is 140 Å². The molecule has 0 atom stereocenters. The lowest BCUT2D eigenvalue weighted by atomic mass is 9.67. The Morgan fingerprint density at radius 1 is 0.431 bits per heavy atom. The van der Waals surface area contributed by atoms with E-state index in [1.807, 2.05) is 12.1 Å². The number of aromatic nitrogens is 1. The van der Waals surface area contributed by atoms with Crippen molar-refractivity contribution in [3.8, 4) is 39.4 Å². The minimum absolute atomic E-state index is 0.585. The fraction of sp³-hybridized carbons (Fsp3) is 0.0204. The quantitative estimate of drug-likeness (QED) is 0.141.